The van der Waals surface area contributed by atoms with E-state index >= 15 is 0 Å². The minimum absolute atomic E-state index is 0. The zero-order chi connectivity index (χ0) is 28.9. The minimum Gasteiger partial charge on any atom is -0.744 e. The van der Waals surface area contributed by atoms with E-state index < -0.39 is 10.1 Å². The Balaban J connectivity index is 0.00000840. The van der Waals surface area contributed by atoms with Crippen molar-refractivity contribution in [2.75, 3.05) is 0 Å². The van der Waals surface area contributed by atoms with Crippen LogP contribution in [-0.4, -0.2) is 13.0 Å². The Kier molecular flexibility index (Phi) is 22.0. The predicted molar refractivity (Wildman–Crippen MR) is 172 cm³/mol. The summed E-state index contributed by atoms with van der Waals surface area (Å²) in [5.41, 5.74) is 1.88. The number of aryl methyl sites for hydroxylation is 1. The van der Waals surface area contributed by atoms with Crippen molar-refractivity contribution in [2.45, 2.75) is 173 Å². The number of rotatable bonds is 25. The first-order valence-corrected chi connectivity index (χ1v) is 18.4. The van der Waals surface area contributed by atoms with Crippen molar-refractivity contribution in [3.05, 3.63) is 41.5 Å². The Morgan fingerprint density at radius 2 is 0.951 bits per heavy atom. The summed E-state index contributed by atoms with van der Waals surface area (Å²) in [5.74, 6) is 0. The molecule has 2 aromatic carbocycles. The topological polar surface area (TPSA) is 57.2 Å². The van der Waals surface area contributed by atoms with Crippen molar-refractivity contribution in [3.63, 3.8) is 0 Å². The molecule has 0 spiro atoms. The Hall–Kier alpha value is -0.793. The van der Waals surface area contributed by atoms with Crippen molar-refractivity contribution in [3.8, 4) is 0 Å². The average Bonchev–Trinajstić information content (AvgIpc) is 2.93. The Bertz CT molecular complexity index is 1030. The molecule has 3 nitrogen and oxygen atoms in total. The molecular weight excluding hydrogens is 519 g/mol. The van der Waals surface area contributed by atoms with Crippen LogP contribution in [0.1, 0.15) is 166 Å². The first kappa shape index (κ1) is 38.2. The van der Waals surface area contributed by atoms with Gasteiger partial charge in [0.2, 0.25) is 0 Å². The molecule has 0 saturated carbocycles. The number of fused-ring (bicyclic) bond motifs is 1. The fourth-order valence-corrected chi connectivity index (χ4v) is 7.13. The molecule has 0 aromatic heterocycles. The summed E-state index contributed by atoms with van der Waals surface area (Å²) < 4.78 is 37.6. The van der Waals surface area contributed by atoms with Crippen LogP contribution in [0.5, 0.6) is 0 Å². The van der Waals surface area contributed by atoms with Crippen molar-refractivity contribution in [1.82, 2.24) is 0 Å². The molecule has 2 aromatic rings. The third-order valence-corrected chi connectivity index (χ3v) is 9.49. The van der Waals surface area contributed by atoms with E-state index in [4.69, 9.17) is 0 Å². The van der Waals surface area contributed by atoms with Crippen LogP contribution in [-0.2, 0) is 23.0 Å². The van der Waals surface area contributed by atoms with Crippen LogP contribution in [0.4, 0.5) is 0 Å². The maximum atomic E-state index is 12.5. The fourth-order valence-electron chi connectivity index (χ4n) is 6.14. The number of hydrogen-bond acceptors (Lipinski definition) is 3. The van der Waals surface area contributed by atoms with E-state index in [9.17, 15) is 13.0 Å². The molecule has 2 rings (SSSR count). The molecule has 0 bridgehead atoms. The van der Waals surface area contributed by atoms with Crippen LogP contribution in [0.25, 0.3) is 10.8 Å². The second-order valence-electron chi connectivity index (χ2n) is 12.1. The Labute approximate surface area is 266 Å². The third-order valence-electron chi connectivity index (χ3n) is 8.53. The average molecular weight is 579 g/mol. The SMILES string of the molecule is CCCCCCCCCCCCCc1cc2ccccc2c(S(=O)(=O)[O-])c1CCCCCCCCCCCCC.[Li+]. The quantitative estimate of drug-likeness (QED) is 0.0675. The van der Waals surface area contributed by atoms with Gasteiger partial charge in [0.05, 0.1) is 4.90 Å². The first-order chi connectivity index (χ1) is 19.5. The summed E-state index contributed by atoms with van der Waals surface area (Å²) in [6.07, 6.45) is 29.6. The van der Waals surface area contributed by atoms with E-state index in [1.807, 2.05) is 18.2 Å². The van der Waals surface area contributed by atoms with Crippen molar-refractivity contribution in [2.24, 2.45) is 0 Å². The standard InChI is InChI=1S/C36H60O3S.Li/c1-3-5-7-9-11-13-15-17-19-21-23-27-32-31-33-28-25-26-30-35(33)36(40(37,38)39)34(32)29-24-22-20-18-16-14-12-10-8-6-4-2;/h25-26,28,30-31H,3-24,27,29H2,1-2H3,(H,37,38,39);/q;+1/p-1. The van der Waals surface area contributed by atoms with E-state index in [0.717, 1.165) is 42.2 Å². The molecule has 0 radical (unpaired) electrons. The molecule has 0 fully saturated rings. The fraction of sp³-hybridized carbons (Fsp3) is 0.722. The Morgan fingerprint density at radius 3 is 1.39 bits per heavy atom. The number of hydrogen-bond donors (Lipinski definition) is 0. The first-order valence-electron chi connectivity index (χ1n) is 17.0. The van der Waals surface area contributed by atoms with Gasteiger partial charge in [-0.2, -0.15) is 0 Å². The van der Waals surface area contributed by atoms with Gasteiger partial charge < -0.3 is 4.55 Å². The Morgan fingerprint density at radius 1 is 0.561 bits per heavy atom. The predicted octanol–water partition coefficient (Wildman–Crippen LogP) is 8.45. The maximum Gasteiger partial charge on any atom is 1.00 e. The maximum absolute atomic E-state index is 12.5. The summed E-state index contributed by atoms with van der Waals surface area (Å²) in [5, 5.41) is 1.47. The van der Waals surface area contributed by atoms with Gasteiger partial charge in [0, 0.05) is 0 Å². The van der Waals surface area contributed by atoms with Gasteiger partial charge in [-0.05, 0) is 47.6 Å². The van der Waals surface area contributed by atoms with Crippen LogP contribution in [0.2, 0.25) is 0 Å². The third kappa shape index (κ3) is 16.0. The van der Waals surface area contributed by atoms with Gasteiger partial charge in [-0.15, -0.1) is 0 Å². The zero-order valence-corrected chi connectivity index (χ0v) is 27.8. The molecule has 0 aliphatic heterocycles. The molecule has 0 unspecified atom stereocenters. The molecule has 0 amide bonds. The van der Waals surface area contributed by atoms with Gasteiger partial charge in [-0.25, -0.2) is 8.42 Å². The van der Waals surface area contributed by atoms with E-state index in [0.29, 0.717) is 11.8 Å². The van der Waals surface area contributed by atoms with Gasteiger partial charge in [-0.3, -0.25) is 0 Å². The molecule has 228 valence electrons. The second kappa shape index (κ2) is 23.6. The molecule has 0 N–H and O–H groups in total. The molecule has 0 heterocycles. The van der Waals surface area contributed by atoms with Gasteiger partial charge in [0.15, 0.2) is 0 Å². The van der Waals surface area contributed by atoms with Gasteiger partial charge in [0.25, 0.3) is 0 Å². The van der Waals surface area contributed by atoms with Gasteiger partial charge >= 0.3 is 18.9 Å². The molecule has 0 aliphatic carbocycles. The van der Waals surface area contributed by atoms with Crippen LogP contribution in [0.15, 0.2) is 35.2 Å². The van der Waals surface area contributed by atoms with Crippen molar-refractivity contribution in [1.29, 1.82) is 0 Å². The normalized spacial score (nSPS) is 11.7. The van der Waals surface area contributed by atoms with Crippen molar-refractivity contribution < 1.29 is 31.8 Å². The summed E-state index contributed by atoms with van der Waals surface area (Å²) in [6.45, 7) is 4.52. The summed E-state index contributed by atoms with van der Waals surface area (Å²) >= 11 is 0. The summed E-state index contributed by atoms with van der Waals surface area (Å²) in [4.78, 5) is 0.0516. The monoisotopic (exact) mass is 578 g/mol. The second-order valence-corrected chi connectivity index (χ2v) is 13.4. The van der Waals surface area contributed by atoms with E-state index in [2.05, 4.69) is 19.9 Å². The van der Waals surface area contributed by atoms with E-state index in [1.165, 1.54) is 122 Å². The molecular formula is C36H59LiO3S. The molecule has 0 atom stereocenters. The van der Waals surface area contributed by atoms with Crippen LogP contribution in [0, 0.1) is 0 Å². The minimum atomic E-state index is -4.55. The van der Waals surface area contributed by atoms with Gasteiger partial charge in [-0.1, -0.05) is 173 Å². The summed E-state index contributed by atoms with van der Waals surface area (Å²) in [6, 6.07) is 9.68. The number of unbranched alkanes of at least 4 members (excludes halogenated alkanes) is 20. The van der Waals surface area contributed by atoms with Crippen LogP contribution >= 0.6 is 0 Å². The largest absolute Gasteiger partial charge is 1.00 e. The van der Waals surface area contributed by atoms with E-state index in [-0.39, 0.29) is 23.8 Å². The van der Waals surface area contributed by atoms with Crippen molar-refractivity contribution >= 4 is 20.9 Å². The molecule has 0 saturated heterocycles. The van der Waals surface area contributed by atoms with Crippen LogP contribution < -0.4 is 18.9 Å². The molecule has 5 heteroatoms. The zero-order valence-electron chi connectivity index (χ0n) is 27.0. The van der Waals surface area contributed by atoms with Gasteiger partial charge in [0.1, 0.15) is 10.1 Å². The molecule has 0 aliphatic rings. The van der Waals surface area contributed by atoms with Crippen LogP contribution in [0.3, 0.4) is 0 Å². The number of benzene rings is 2. The summed E-state index contributed by atoms with van der Waals surface area (Å²) in [7, 11) is -4.55. The smallest absolute Gasteiger partial charge is 0.744 e. The van der Waals surface area contributed by atoms with E-state index in [1.54, 1.807) is 6.07 Å². The molecule has 41 heavy (non-hydrogen) atoms.